The number of fused-ring (bicyclic) bond motifs is 2. The van der Waals surface area contributed by atoms with Gasteiger partial charge in [-0.15, -0.1) is 11.3 Å². The fraction of sp³-hybridized carbons (Fsp3) is 0.333. The van der Waals surface area contributed by atoms with E-state index in [1.54, 1.807) is 11.3 Å². The lowest BCUT2D eigenvalue weighted by Crippen LogP contribution is -2.25. The zero-order chi connectivity index (χ0) is 16.7. The highest BCUT2D eigenvalue weighted by molar-refractivity contribution is 7.17. The van der Waals surface area contributed by atoms with Gasteiger partial charge in [0, 0.05) is 17.6 Å². The minimum atomic E-state index is -0.0910. The molecule has 24 heavy (non-hydrogen) atoms. The van der Waals surface area contributed by atoms with Crippen molar-refractivity contribution in [3.8, 4) is 5.75 Å². The van der Waals surface area contributed by atoms with E-state index >= 15 is 0 Å². The fourth-order valence-corrected chi connectivity index (χ4v) is 4.00. The molecule has 124 valence electrons. The van der Waals surface area contributed by atoms with Crippen molar-refractivity contribution in [3.05, 3.63) is 51.8 Å². The van der Waals surface area contributed by atoms with Crippen LogP contribution < -0.4 is 10.1 Å². The molecule has 3 aromatic rings. The van der Waals surface area contributed by atoms with Gasteiger partial charge in [0.15, 0.2) is 4.96 Å². The van der Waals surface area contributed by atoms with Crippen LogP contribution in [-0.4, -0.2) is 21.9 Å². The number of ether oxygens (including phenoxy) is 1. The summed E-state index contributed by atoms with van der Waals surface area (Å²) in [5.41, 5.74) is 3.70. The van der Waals surface area contributed by atoms with Crippen molar-refractivity contribution >= 4 is 22.2 Å². The summed E-state index contributed by atoms with van der Waals surface area (Å²) in [6.07, 6.45) is 4.05. The van der Waals surface area contributed by atoms with E-state index in [1.165, 1.54) is 5.56 Å². The van der Waals surface area contributed by atoms with Crippen molar-refractivity contribution < 1.29 is 9.53 Å². The predicted molar refractivity (Wildman–Crippen MR) is 94.0 cm³/mol. The molecule has 0 saturated heterocycles. The van der Waals surface area contributed by atoms with E-state index in [2.05, 4.69) is 16.4 Å². The molecule has 1 amide bonds. The molecule has 0 aliphatic carbocycles. The van der Waals surface area contributed by atoms with Gasteiger partial charge in [-0.3, -0.25) is 9.20 Å². The number of amides is 1. The Labute approximate surface area is 144 Å². The highest BCUT2D eigenvalue weighted by Crippen LogP contribution is 2.25. The number of aromatic nitrogens is 2. The third-order valence-corrected chi connectivity index (χ3v) is 5.16. The molecule has 0 atom stereocenters. The monoisotopic (exact) mass is 341 g/mol. The van der Waals surface area contributed by atoms with Crippen LogP contribution in [-0.2, 0) is 13.0 Å². The van der Waals surface area contributed by atoms with Crippen molar-refractivity contribution in [3.63, 3.8) is 0 Å². The summed E-state index contributed by atoms with van der Waals surface area (Å²) in [6, 6.07) is 6.14. The van der Waals surface area contributed by atoms with Crippen molar-refractivity contribution in [2.24, 2.45) is 0 Å². The van der Waals surface area contributed by atoms with Crippen LogP contribution in [0.1, 0.15) is 38.6 Å². The lowest BCUT2D eigenvalue weighted by molar-refractivity contribution is 0.0944. The molecule has 1 N–H and O–H groups in total. The second-order valence-electron chi connectivity index (χ2n) is 6.12. The van der Waals surface area contributed by atoms with Crippen LogP contribution in [0.15, 0.2) is 24.4 Å². The average molecular weight is 341 g/mol. The number of carbonyl (C=O) groups excluding carboxylic acids is 1. The number of carbonyl (C=O) groups is 1. The van der Waals surface area contributed by atoms with Crippen LogP contribution in [0.4, 0.5) is 0 Å². The molecule has 1 aliphatic heterocycles. The van der Waals surface area contributed by atoms with E-state index in [-0.39, 0.29) is 5.91 Å². The fourth-order valence-electron chi connectivity index (χ4n) is 3.13. The van der Waals surface area contributed by atoms with E-state index < -0.39 is 0 Å². The highest BCUT2D eigenvalue weighted by atomic mass is 32.1. The molecule has 0 saturated carbocycles. The van der Waals surface area contributed by atoms with Gasteiger partial charge in [0.2, 0.25) is 0 Å². The summed E-state index contributed by atoms with van der Waals surface area (Å²) in [6.45, 7) is 5.19. The van der Waals surface area contributed by atoms with Crippen LogP contribution in [0.3, 0.4) is 0 Å². The molecule has 5 nitrogen and oxygen atoms in total. The third-order valence-electron chi connectivity index (χ3n) is 4.26. The first-order chi connectivity index (χ1) is 11.6. The van der Waals surface area contributed by atoms with Crippen LogP contribution in [0.25, 0.3) is 4.96 Å². The lowest BCUT2D eigenvalue weighted by atomic mass is 10.0. The number of thiazole rings is 1. The van der Waals surface area contributed by atoms with Gasteiger partial charge in [0.1, 0.15) is 11.4 Å². The smallest absolute Gasteiger partial charge is 0.270 e. The standard InChI is InChI=1S/C18H19N3O2S/c1-11-10-21-16(12(2)20-18(21)24-11)17(22)19-9-13-5-6-15-14(8-13)4-3-7-23-15/h5-6,8,10H,3-4,7,9H2,1-2H3,(H,19,22). The summed E-state index contributed by atoms with van der Waals surface area (Å²) >= 11 is 1.59. The van der Waals surface area contributed by atoms with E-state index in [1.807, 2.05) is 36.6 Å². The van der Waals surface area contributed by atoms with Gasteiger partial charge >= 0.3 is 0 Å². The second kappa shape index (κ2) is 5.94. The summed E-state index contributed by atoms with van der Waals surface area (Å²) in [7, 11) is 0. The molecule has 6 heteroatoms. The van der Waals surface area contributed by atoms with Gasteiger partial charge < -0.3 is 10.1 Å². The van der Waals surface area contributed by atoms with Crippen LogP contribution in [0.2, 0.25) is 0 Å². The average Bonchev–Trinajstić information content (AvgIpc) is 3.06. The molecule has 0 unspecified atom stereocenters. The van der Waals surface area contributed by atoms with Crippen molar-refractivity contribution in [2.45, 2.75) is 33.2 Å². The first kappa shape index (κ1) is 15.2. The van der Waals surface area contributed by atoms with E-state index in [0.29, 0.717) is 12.2 Å². The van der Waals surface area contributed by atoms with Crippen molar-refractivity contribution in [1.82, 2.24) is 14.7 Å². The number of hydrogen-bond acceptors (Lipinski definition) is 4. The molecule has 1 aromatic carbocycles. The molecule has 1 aliphatic rings. The van der Waals surface area contributed by atoms with Crippen LogP contribution in [0, 0.1) is 13.8 Å². The number of nitrogens with one attached hydrogen (secondary N) is 1. The zero-order valence-corrected chi connectivity index (χ0v) is 14.6. The normalized spacial score (nSPS) is 13.6. The van der Waals surface area contributed by atoms with Gasteiger partial charge in [-0.1, -0.05) is 12.1 Å². The Kier molecular flexibility index (Phi) is 3.76. The molecule has 0 bridgehead atoms. The first-order valence-electron chi connectivity index (χ1n) is 8.10. The maximum atomic E-state index is 12.6. The minimum Gasteiger partial charge on any atom is -0.493 e. The Morgan fingerprint density at radius 2 is 2.29 bits per heavy atom. The summed E-state index contributed by atoms with van der Waals surface area (Å²) in [4.78, 5) is 19.1. The quantitative estimate of drug-likeness (QED) is 0.795. The van der Waals surface area contributed by atoms with Gasteiger partial charge in [0.25, 0.3) is 5.91 Å². The zero-order valence-electron chi connectivity index (χ0n) is 13.8. The Balaban J connectivity index is 1.52. The number of aryl methyl sites for hydroxylation is 3. The Morgan fingerprint density at radius 3 is 3.17 bits per heavy atom. The summed E-state index contributed by atoms with van der Waals surface area (Å²) < 4.78 is 7.51. The van der Waals surface area contributed by atoms with Crippen LogP contribution in [0.5, 0.6) is 5.75 Å². The topological polar surface area (TPSA) is 55.6 Å². The first-order valence-corrected chi connectivity index (χ1v) is 8.91. The second-order valence-corrected chi connectivity index (χ2v) is 7.33. The highest BCUT2D eigenvalue weighted by Gasteiger charge is 2.18. The summed E-state index contributed by atoms with van der Waals surface area (Å²) in [5, 5.41) is 3.01. The molecule has 4 rings (SSSR count). The number of hydrogen-bond donors (Lipinski definition) is 1. The Bertz CT molecular complexity index is 926. The van der Waals surface area contributed by atoms with Gasteiger partial charge in [0.05, 0.1) is 12.3 Å². The number of rotatable bonds is 3. The molecule has 0 radical (unpaired) electrons. The number of nitrogens with zero attached hydrogens (tertiary/aromatic N) is 2. The molecule has 0 fully saturated rings. The Hall–Kier alpha value is -2.34. The van der Waals surface area contributed by atoms with Crippen molar-refractivity contribution in [2.75, 3.05) is 6.61 Å². The van der Waals surface area contributed by atoms with Crippen LogP contribution >= 0.6 is 11.3 Å². The largest absolute Gasteiger partial charge is 0.493 e. The van der Waals surface area contributed by atoms with E-state index in [9.17, 15) is 4.79 Å². The minimum absolute atomic E-state index is 0.0910. The summed E-state index contributed by atoms with van der Waals surface area (Å²) in [5.74, 6) is 0.880. The maximum absolute atomic E-state index is 12.6. The third kappa shape index (κ3) is 2.67. The molecule has 3 heterocycles. The number of imidazole rings is 1. The maximum Gasteiger partial charge on any atom is 0.270 e. The molecule has 2 aromatic heterocycles. The van der Waals surface area contributed by atoms with Gasteiger partial charge in [-0.25, -0.2) is 4.98 Å². The van der Waals surface area contributed by atoms with Gasteiger partial charge in [-0.05, 0) is 43.9 Å². The van der Waals surface area contributed by atoms with Crippen molar-refractivity contribution in [1.29, 1.82) is 0 Å². The van der Waals surface area contributed by atoms with E-state index in [4.69, 9.17) is 4.74 Å². The number of benzene rings is 1. The molecular formula is C18H19N3O2S. The SMILES string of the molecule is Cc1cn2c(C(=O)NCc3ccc4c(c3)CCCO4)c(C)nc2s1. The molecular weight excluding hydrogens is 322 g/mol. The predicted octanol–water partition coefficient (Wildman–Crippen LogP) is 3.27. The van der Waals surface area contributed by atoms with E-state index in [0.717, 1.165) is 46.3 Å². The lowest BCUT2D eigenvalue weighted by Gasteiger charge is -2.18. The Morgan fingerprint density at radius 1 is 1.42 bits per heavy atom. The van der Waals surface area contributed by atoms with Gasteiger partial charge in [-0.2, -0.15) is 0 Å². The molecule has 0 spiro atoms.